The quantitative estimate of drug-likeness (QED) is 0.696. The minimum atomic E-state index is -3.82. The summed E-state index contributed by atoms with van der Waals surface area (Å²) in [5, 5.41) is 3.18. The van der Waals surface area contributed by atoms with Crippen LogP contribution in [0.1, 0.15) is 17.0 Å². The number of aromatic nitrogens is 2. The number of anilines is 2. The van der Waals surface area contributed by atoms with Crippen molar-refractivity contribution in [2.24, 2.45) is 0 Å². The average Bonchev–Trinajstić information content (AvgIpc) is 2.60. The van der Waals surface area contributed by atoms with Crippen LogP contribution in [0.5, 0.6) is 0 Å². The van der Waals surface area contributed by atoms with Gasteiger partial charge in [-0.3, -0.25) is 0 Å². The third-order valence-electron chi connectivity index (χ3n) is 3.71. The molecule has 0 saturated heterocycles. The van der Waals surface area contributed by atoms with E-state index in [0.29, 0.717) is 23.6 Å². The van der Waals surface area contributed by atoms with Crippen LogP contribution in [-0.2, 0) is 16.6 Å². The molecule has 0 atom stereocenters. The zero-order valence-corrected chi connectivity index (χ0v) is 15.4. The van der Waals surface area contributed by atoms with E-state index in [4.69, 9.17) is 0 Å². The van der Waals surface area contributed by atoms with E-state index in [-0.39, 0.29) is 10.8 Å². The van der Waals surface area contributed by atoms with Gasteiger partial charge in [0.2, 0.25) is 5.95 Å². The topological polar surface area (TPSA) is 84.0 Å². The zero-order valence-electron chi connectivity index (χ0n) is 14.6. The van der Waals surface area contributed by atoms with Gasteiger partial charge in [-0.05, 0) is 37.6 Å². The van der Waals surface area contributed by atoms with Crippen molar-refractivity contribution in [1.82, 2.24) is 9.97 Å². The Kier molecular flexibility index (Phi) is 5.18. The van der Waals surface area contributed by atoms with Crippen molar-refractivity contribution in [3.05, 3.63) is 77.6 Å². The van der Waals surface area contributed by atoms with Gasteiger partial charge in [-0.15, -0.1) is 0 Å². The first kappa shape index (κ1) is 17.9. The molecule has 1 heterocycles. The van der Waals surface area contributed by atoms with Gasteiger partial charge in [0.05, 0.1) is 5.69 Å². The molecule has 0 radical (unpaired) electrons. The SMILES string of the molecule is Cc1cc(C)nc(NS(=O)(=O)c2ccccc2NCc2ccccc2)n1. The highest BCUT2D eigenvalue weighted by Crippen LogP contribution is 2.23. The number of para-hydroxylation sites is 1. The predicted molar refractivity (Wildman–Crippen MR) is 103 cm³/mol. The molecule has 0 fully saturated rings. The van der Waals surface area contributed by atoms with Crippen molar-refractivity contribution in [3.63, 3.8) is 0 Å². The van der Waals surface area contributed by atoms with Gasteiger partial charge in [0.25, 0.3) is 10.0 Å². The van der Waals surface area contributed by atoms with Crippen molar-refractivity contribution in [3.8, 4) is 0 Å². The summed E-state index contributed by atoms with van der Waals surface area (Å²) >= 11 is 0. The molecule has 7 heteroatoms. The first-order valence-corrected chi connectivity index (χ1v) is 9.64. The van der Waals surface area contributed by atoms with Crippen molar-refractivity contribution in [1.29, 1.82) is 0 Å². The fourth-order valence-corrected chi connectivity index (χ4v) is 3.72. The first-order chi connectivity index (χ1) is 12.4. The van der Waals surface area contributed by atoms with E-state index in [1.54, 1.807) is 44.2 Å². The highest BCUT2D eigenvalue weighted by Gasteiger charge is 2.19. The summed E-state index contributed by atoms with van der Waals surface area (Å²) < 4.78 is 28.1. The Bertz CT molecular complexity index is 985. The number of hydrogen-bond donors (Lipinski definition) is 2. The monoisotopic (exact) mass is 368 g/mol. The Hall–Kier alpha value is -2.93. The van der Waals surface area contributed by atoms with Crippen LogP contribution in [-0.4, -0.2) is 18.4 Å². The largest absolute Gasteiger partial charge is 0.380 e. The molecule has 1 aromatic heterocycles. The number of aryl methyl sites for hydroxylation is 2. The Labute approximate surface area is 153 Å². The van der Waals surface area contributed by atoms with Crippen molar-refractivity contribution in [2.75, 3.05) is 10.0 Å². The van der Waals surface area contributed by atoms with E-state index >= 15 is 0 Å². The molecule has 0 saturated carbocycles. The number of hydrogen-bond acceptors (Lipinski definition) is 5. The second-order valence-electron chi connectivity index (χ2n) is 5.92. The molecule has 0 bridgehead atoms. The number of nitrogens with zero attached hydrogens (tertiary/aromatic N) is 2. The molecule has 2 aromatic carbocycles. The highest BCUT2D eigenvalue weighted by atomic mass is 32.2. The zero-order chi connectivity index (χ0) is 18.6. The molecule has 0 aliphatic heterocycles. The van der Waals surface area contributed by atoms with Gasteiger partial charge in [0, 0.05) is 17.9 Å². The van der Waals surface area contributed by atoms with Crippen LogP contribution in [0.3, 0.4) is 0 Å². The molecule has 0 amide bonds. The van der Waals surface area contributed by atoms with E-state index < -0.39 is 10.0 Å². The lowest BCUT2D eigenvalue weighted by Gasteiger charge is -2.13. The van der Waals surface area contributed by atoms with E-state index in [0.717, 1.165) is 5.56 Å². The van der Waals surface area contributed by atoms with Gasteiger partial charge >= 0.3 is 0 Å². The van der Waals surface area contributed by atoms with Gasteiger partial charge < -0.3 is 5.32 Å². The molecule has 6 nitrogen and oxygen atoms in total. The van der Waals surface area contributed by atoms with Crippen molar-refractivity contribution in [2.45, 2.75) is 25.3 Å². The van der Waals surface area contributed by atoms with Gasteiger partial charge in [-0.25, -0.2) is 23.1 Å². The molecule has 0 aliphatic rings. The van der Waals surface area contributed by atoms with Gasteiger partial charge in [0.15, 0.2) is 0 Å². The predicted octanol–water partition coefficient (Wildman–Crippen LogP) is 3.51. The third-order valence-corrected chi connectivity index (χ3v) is 5.10. The maximum absolute atomic E-state index is 12.8. The standard InChI is InChI=1S/C19H20N4O2S/c1-14-12-15(2)22-19(21-14)23-26(24,25)18-11-7-6-10-17(18)20-13-16-8-4-3-5-9-16/h3-12,20H,13H2,1-2H3,(H,21,22,23). The summed E-state index contributed by atoms with van der Waals surface area (Å²) in [5.41, 5.74) is 2.98. The van der Waals surface area contributed by atoms with E-state index in [1.807, 2.05) is 30.3 Å². The lowest BCUT2D eigenvalue weighted by Crippen LogP contribution is -2.17. The van der Waals surface area contributed by atoms with Crippen LogP contribution >= 0.6 is 0 Å². The molecule has 134 valence electrons. The fourth-order valence-electron chi connectivity index (χ4n) is 2.59. The molecular formula is C19H20N4O2S. The highest BCUT2D eigenvalue weighted by molar-refractivity contribution is 7.92. The molecule has 26 heavy (non-hydrogen) atoms. The first-order valence-electron chi connectivity index (χ1n) is 8.16. The molecular weight excluding hydrogens is 348 g/mol. The van der Waals surface area contributed by atoms with Gasteiger partial charge in [0.1, 0.15) is 4.90 Å². The Morgan fingerprint density at radius 2 is 1.50 bits per heavy atom. The second kappa shape index (κ2) is 7.53. The summed E-state index contributed by atoms with van der Waals surface area (Å²) in [5.74, 6) is 0.0698. The molecule has 3 rings (SSSR count). The van der Waals surface area contributed by atoms with E-state index in [1.165, 1.54) is 0 Å². The smallest absolute Gasteiger partial charge is 0.266 e. The van der Waals surface area contributed by atoms with Crippen molar-refractivity contribution >= 4 is 21.7 Å². The fraction of sp³-hybridized carbons (Fsp3) is 0.158. The molecule has 3 aromatic rings. The number of rotatable bonds is 6. The second-order valence-corrected chi connectivity index (χ2v) is 7.57. The Morgan fingerprint density at radius 1 is 0.885 bits per heavy atom. The number of sulfonamides is 1. The number of nitrogens with one attached hydrogen (secondary N) is 2. The van der Waals surface area contributed by atoms with E-state index in [2.05, 4.69) is 20.0 Å². The van der Waals surface area contributed by atoms with Crippen LogP contribution in [0.25, 0.3) is 0 Å². The lowest BCUT2D eigenvalue weighted by molar-refractivity contribution is 0.601. The molecule has 0 unspecified atom stereocenters. The normalized spacial score (nSPS) is 11.2. The Balaban J connectivity index is 1.85. The van der Waals surface area contributed by atoms with Crippen LogP contribution in [0.4, 0.5) is 11.6 Å². The van der Waals surface area contributed by atoms with E-state index in [9.17, 15) is 8.42 Å². The van der Waals surface area contributed by atoms with Crippen molar-refractivity contribution < 1.29 is 8.42 Å². The molecule has 0 spiro atoms. The summed E-state index contributed by atoms with van der Waals surface area (Å²) in [7, 11) is -3.82. The Morgan fingerprint density at radius 3 is 2.19 bits per heavy atom. The third kappa shape index (κ3) is 4.37. The summed E-state index contributed by atoms with van der Waals surface area (Å²) in [6, 6.07) is 18.3. The molecule has 0 aliphatic carbocycles. The van der Waals surface area contributed by atoms with Crippen LogP contribution in [0, 0.1) is 13.8 Å². The molecule has 2 N–H and O–H groups in total. The lowest BCUT2D eigenvalue weighted by atomic mass is 10.2. The van der Waals surface area contributed by atoms with Crippen LogP contribution in [0.2, 0.25) is 0 Å². The van der Waals surface area contributed by atoms with Crippen LogP contribution in [0.15, 0.2) is 65.6 Å². The minimum Gasteiger partial charge on any atom is -0.380 e. The van der Waals surface area contributed by atoms with Crippen LogP contribution < -0.4 is 10.0 Å². The maximum atomic E-state index is 12.8. The summed E-state index contributed by atoms with van der Waals surface area (Å²) in [4.78, 5) is 8.44. The average molecular weight is 368 g/mol. The van der Waals surface area contributed by atoms with Gasteiger partial charge in [-0.1, -0.05) is 42.5 Å². The maximum Gasteiger partial charge on any atom is 0.266 e. The number of benzene rings is 2. The minimum absolute atomic E-state index is 0.0698. The summed E-state index contributed by atoms with van der Waals surface area (Å²) in [6.45, 7) is 4.11. The summed E-state index contributed by atoms with van der Waals surface area (Å²) in [6.07, 6.45) is 0. The van der Waals surface area contributed by atoms with Gasteiger partial charge in [-0.2, -0.15) is 0 Å².